The fourth-order valence-electron chi connectivity index (χ4n) is 2.12. The van der Waals surface area contributed by atoms with E-state index in [0.717, 1.165) is 11.5 Å². The highest BCUT2D eigenvalue weighted by molar-refractivity contribution is 9.45. The highest BCUT2D eigenvalue weighted by atomic mass is 33.7. The first-order valence-corrected chi connectivity index (χ1v) is 15.4. The highest BCUT2D eigenvalue weighted by Crippen LogP contribution is 3.03. The van der Waals surface area contributed by atoms with Crippen molar-refractivity contribution in [2.75, 3.05) is 14.2 Å². The van der Waals surface area contributed by atoms with Gasteiger partial charge in [0.1, 0.15) is 11.5 Å². The van der Waals surface area contributed by atoms with Crippen LogP contribution in [-0.4, -0.2) is 20.5 Å². The van der Waals surface area contributed by atoms with Crippen LogP contribution in [0.3, 0.4) is 0 Å². The minimum atomic E-state index is -1.61. The summed E-state index contributed by atoms with van der Waals surface area (Å²) in [6, 6.07) is 16.4. The van der Waals surface area contributed by atoms with E-state index < -0.39 is 9.73 Å². The second-order valence-corrected chi connectivity index (χ2v) is 23.8. The van der Waals surface area contributed by atoms with Crippen LogP contribution in [0.5, 0.6) is 11.5 Å². The molecule has 0 bridgehead atoms. The molecule has 0 radical (unpaired) electrons. The van der Waals surface area contributed by atoms with Crippen molar-refractivity contribution in [2.24, 2.45) is 0 Å². The van der Waals surface area contributed by atoms with Crippen molar-refractivity contribution in [3.05, 3.63) is 48.5 Å². The van der Waals surface area contributed by atoms with Gasteiger partial charge in [-0.1, -0.05) is 40.1 Å². The molecule has 0 aromatic heterocycles. The average Bonchev–Trinajstić information content (AvgIpc) is 2.53. The van der Waals surface area contributed by atoms with Crippen LogP contribution in [-0.2, 0) is 11.8 Å². The van der Waals surface area contributed by atoms with Crippen molar-refractivity contribution in [1.29, 1.82) is 0 Å². The molecule has 2 aromatic rings. The van der Waals surface area contributed by atoms with Gasteiger partial charge in [0.2, 0.25) is 0 Å². The highest BCUT2D eigenvalue weighted by Gasteiger charge is 2.43. The molecule has 0 aliphatic carbocycles. The Balaban J connectivity index is 1.81. The molecule has 3 rings (SSSR count). The van der Waals surface area contributed by atoms with E-state index in [4.69, 9.17) is 21.3 Å². The van der Waals surface area contributed by atoms with Crippen molar-refractivity contribution >= 4 is 60.4 Å². The Morgan fingerprint density at radius 1 is 0.818 bits per heavy atom. The van der Waals surface area contributed by atoms with E-state index >= 15 is 0 Å². The van der Waals surface area contributed by atoms with Gasteiger partial charge in [-0.2, -0.15) is 0 Å². The minimum Gasteiger partial charge on any atom is -0.497 e. The van der Waals surface area contributed by atoms with E-state index in [1.165, 1.54) is 10.6 Å². The van der Waals surface area contributed by atoms with Gasteiger partial charge in [-0.25, -0.2) is 0 Å². The molecule has 1 heterocycles. The number of ether oxygens (including phenoxy) is 2. The summed E-state index contributed by atoms with van der Waals surface area (Å²) < 4.78 is 8.82. The fourth-order valence-corrected chi connectivity index (χ4v) is 37.3. The molecule has 7 heteroatoms. The zero-order chi connectivity index (χ0) is 15.8. The zero-order valence-electron chi connectivity index (χ0n) is 12.3. The van der Waals surface area contributed by atoms with Crippen LogP contribution >= 0.6 is 31.7 Å². The quantitative estimate of drug-likeness (QED) is 0.706. The zero-order valence-corrected chi connectivity index (χ0v) is 16.5. The van der Waals surface area contributed by atoms with Crippen molar-refractivity contribution in [1.82, 2.24) is 0 Å². The predicted molar refractivity (Wildman–Crippen MR) is 109 cm³/mol. The number of benzene rings is 2. The lowest BCUT2D eigenvalue weighted by Gasteiger charge is -2.42. The molecule has 116 valence electrons. The Morgan fingerprint density at radius 3 is 1.64 bits per heavy atom. The molecular formula is C15H16O2P2S3. The fraction of sp³-hybridized carbons (Fsp3) is 0.133. The first-order chi connectivity index (χ1) is 10.5. The third-order valence-corrected chi connectivity index (χ3v) is 31.8. The van der Waals surface area contributed by atoms with Crippen LogP contribution in [0.15, 0.2) is 48.5 Å². The first-order valence-electron chi connectivity index (χ1n) is 6.54. The lowest BCUT2D eigenvalue weighted by atomic mass is 10.3. The molecule has 1 aliphatic rings. The molecule has 0 unspecified atom stereocenters. The average molecular weight is 386 g/mol. The van der Waals surface area contributed by atoms with Crippen LogP contribution in [0.1, 0.15) is 0 Å². The molecule has 1 saturated heterocycles. The van der Waals surface area contributed by atoms with Crippen LogP contribution in [0, 0.1) is 0 Å². The number of methoxy groups -OCH3 is 2. The van der Waals surface area contributed by atoms with Gasteiger partial charge in [0.25, 0.3) is 0 Å². The van der Waals surface area contributed by atoms with E-state index in [-0.39, 0.29) is 0 Å². The standard InChI is InChI=1S/C15H16O2P2S3/c1-16-12-4-8-14(9-5-12)18(3)21-19(20,22-18)15-10-6-13(17-2)7-11-15/h4-11H,3H2,1-2H3. The Kier molecular flexibility index (Phi) is 4.74. The smallest absolute Gasteiger partial charge is 0.118 e. The molecule has 2 aromatic carbocycles. The second-order valence-electron chi connectivity index (χ2n) is 4.73. The Labute approximate surface area is 144 Å². The monoisotopic (exact) mass is 386 g/mol. The minimum absolute atomic E-state index is 0.867. The SMILES string of the molecule is C=P1(c2ccc(OC)cc2)SP(=S)(c2ccc(OC)cc2)S1. The molecule has 0 saturated carbocycles. The molecule has 2 nitrogen and oxygen atoms in total. The van der Waals surface area contributed by atoms with E-state index in [9.17, 15) is 0 Å². The molecule has 0 amide bonds. The van der Waals surface area contributed by atoms with Crippen LogP contribution in [0.4, 0.5) is 0 Å². The van der Waals surface area contributed by atoms with Gasteiger partial charge >= 0.3 is 0 Å². The second kappa shape index (κ2) is 6.30. The summed E-state index contributed by atoms with van der Waals surface area (Å²) >= 11 is 9.77. The van der Waals surface area contributed by atoms with Gasteiger partial charge in [-0.15, -0.1) is 0 Å². The van der Waals surface area contributed by atoms with Gasteiger partial charge in [0.15, 0.2) is 0 Å². The van der Waals surface area contributed by atoms with Gasteiger partial charge in [0, 0.05) is 10.6 Å². The largest absolute Gasteiger partial charge is 0.497 e. The van der Waals surface area contributed by atoms with E-state index in [1.807, 2.05) is 46.3 Å². The summed E-state index contributed by atoms with van der Waals surface area (Å²) in [6.45, 7) is 0. The lowest BCUT2D eigenvalue weighted by molar-refractivity contribution is 0.415. The first kappa shape index (κ1) is 16.5. The van der Waals surface area contributed by atoms with Gasteiger partial charge in [-0.05, 0) is 53.8 Å². The van der Waals surface area contributed by atoms with Crippen molar-refractivity contribution in [2.45, 2.75) is 0 Å². The molecule has 0 spiro atoms. The third-order valence-electron chi connectivity index (χ3n) is 3.33. The normalized spacial score (nSPS) is 27.0. The Hall–Kier alpha value is -0.310. The molecule has 1 fully saturated rings. The summed E-state index contributed by atoms with van der Waals surface area (Å²) in [5, 5.41) is 1.04. The van der Waals surface area contributed by atoms with E-state index in [2.05, 4.69) is 30.6 Å². The van der Waals surface area contributed by atoms with Gasteiger partial charge in [-0.3, -0.25) is 0 Å². The van der Waals surface area contributed by atoms with Gasteiger partial charge in [0.05, 0.1) is 18.7 Å². The maximum Gasteiger partial charge on any atom is 0.118 e. The summed E-state index contributed by atoms with van der Waals surface area (Å²) in [4.78, 5) is 0. The number of rotatable bonds is 4. The number of hydrogen-bond donors (Lipinski definition) is 0. The van der Waals surface area contributed by atoms with Crippen molar-refractivity contribution < 1.29 is 9.47 Å². The molecule has 1 aliphatic heterocycles. The topological polar surface area (TPSA) is 18.5 Å². The third kappa shape index (κ3) is 3.02. The van der Waals surface area contributed by atoms with Crippen LogP contribution < -0.4 is 20.1 Å². The summed E-state index contributed by atoms with van der Waals surface area (Å²) in [5.41, 5.74) is 0. The Morgan fingerprint density at radius 2 is 1.23 bits per heavy atom. The Bertz CT molecular complexity index is 693. The molecule has 0 atom stereocenters. The molecular weight excluding hydrogens is 370 g/mol. The van der Waals surface area contributed by atoms with E-state index in [0.29, 0.717) is 0 Å². The predicted octanol–water partition coefficient (Wildman–Crippen LogP) is 4.72. The van der Waals surface area contributed by atoms with Gasteiger partial charge < -0.3 is 9.47 Å². The molecule has 0 N–H and O–H groups in total. The van der Waals surface area contributed by atoms with Crippen molar-refractivity contribution in [3.63, 3.8) is 0 Å². The summed E-state index contributed by atoms with van der Waals surface area (Å²) in [5.74, 6) is 1.74. The van der Waals surface area contributed by atoms with Crippen molar-refractivity contribution in [3.8, 4) is 11.5 Å². The van der Waals surface area contributed by atoms with Crippen LogP contribution in [0.2, 0.25) is 0 Å². The van der Waals surface area contributed by atoms with E-state index in [1.54, 1.807) is 14.2 Å². The summed E-state index contributed by atoms with van der Waals surface area (Å²) in [6.07, 6.45) is 4.49. The lowest BCUT2D eigenvalue weighted by Crippen LogP contribution is -2.09. The number of hydrogen-bond acceptors (Lipinski definition) is 5. The van der Waals surface area contributed by atoms with Crippen LogP contribution in [0.25, 0.3) is 0 Å². The molecule has 22 heavy (non-hydrogen) atoms. The maximum atomic E-state index is 5.93. The maximum absolute atomic E-state index is 5.93. The summed E-state index contributed by atoms with van der Waals surface area (Å²) in [7, 11) is 3.36.